The Hall–Kier alpha value is -1.50. The smallest absolute Gasteiger partial charge is 0.328 e. The van der Waals surface area contributed by atoms with E-state index in [1.165, 1.54) is 7.11 Å². The predicted octanol–water partition coefficient (Wildman–Crippen LogP) is 1.73. The molecule has 0 saturated carbocycles. The summed E-state index contributed by atoms with van der Waals surface area (Å²) in [6, 6.07) is -0.385. The van der Waals surface area contributed by atoms with Gasteiger partial charge in [-0.3, -0.25) is 4.79 Å². The van der Waals surface area contributed by atoms with E-state index < -0.39 is 0 Å². The predicted molar refractivity (Wildman–Crippen MR) is 68.7 cm³/mol. The van der Waals surface area contributed by atoms with Crippen LogP contribution in [0.2, 0.25) is 0 Å². The molecular formula is C14H21NO3. The van der Waals surface area contributed by atoms with Crippen LogP contribution in [0.5, 0.6) is 0 Å². The Labute approximate surface area is 109 Å². The van der Waals surface area contributed by atoms with E-state index in [2.05, 4.69) is 5.92 Å². The van der Waals surface area contributed by atoms with E-state index in [0.717, 1.165) is 25.7 Å². The van der Waals surface area contributed by atoms with Crippen LogP contribution in [-0.4, -0.2) is 36.5 Å². The normalized spacial score (nSPS) is 19.1. The number of hydrogen-bond acceptors (Lipinski definition) is 3. The van der Waals surface area contributed by atoms with E-state index >= 15 is 0 Å². The molecule has 1 aliphatic rings. The molecule has 1 atom stereocenters. The van der Waals surface area contributed by atoms with Crippen molar-refractivity contribution in [2.24, 2.45) is 0 Å². The molecule has 0 radical (unpaired) electrons. The van der Waals surface area contributed by atoms with E-state index in [1.54, 1.807) is 4.90 Å². The minimum atomic E-state index is -0.385. The van der Waals surface area contributed by atoms with Gasteiger partial charge < -0.3 is 9.64 Å². The second kappa shape index (κ2) is 7.75. The molecule has 1 heterocycles. The minimum Gasteiger partial charge on any atom is -0.467 e. The van der Waals surface area contributed by atoms with E-state index in [1.807, 2.05) is 0 Å². The van der Waals surface area contributed by atoms with Crippen molar-refractivity contribution in [2.45, 2.75) is 51.0 Å². The maximum Gasteiger partial charge on any atom is 0.328 e. The van der Waals surface area contributed by atoms with Gasteiger partial charge in [-0.1, -0.05) is 0 Å². The Morgan fingerprint density at radius 1 is 1.39 bits per heavy atom. The zero-order chi connectivity index (χ0) is 13.4. The van der Waals surface area contributed by atoms with Crippen molar-refractivity contribution in [3.8, 4) is 12.3 Å². The summed E-state index contributed by atoms with van der Waals surface area (Å²) >= 11 is 0. The van der Waals surface area contributed by atoms with E-state index in [-0.39, 0.29) is 17.9 Å². The third-order valence-corrected chi connectivity index (χ3v) is 3.26. The number of ether oxygens (including phenoxy) is 1. The van der Waals surface area contributed by atoms with Crippen molar-refractivity contribution in [2.75, 3.05) is 13.7 Å². The molecule has 0 spiro atoms. The standard InChI is InChI=1S/C14H21NO3/c1-3-4-5-6-10-13(16)15-11-8-7-9-12(15)14(17)18-2/h1,12H,4-11H2,2H3. The second-order valence-corrected chi connectivity index (χ2v) is 4.53. The number of terminal acetylenes is 1. The number of piperidine rings is 1. The van der Waals surface area contributed by atoms with Crippen molar-refractivity contribution in [1.29, 1.82) is 0 Å². The number of carbonyl (C=O) groups is 2. The summed E-state index contributed by atoms with van der Waals surface area (Å²) < 4.78 is 4.75. The van der Waals surface area contributed by atoms with Gasteiger partial charge in [-0.2, -0.15) is 0 Å². The summed E-state index contributed by atoms with van der Waals surface area (Å²) in [5.74, 6) is 2.30. The first-order chi connectivity index (χ1) is 8.70. The maximum atomic E-state index is 12.1. The van der Waals surface area contributed by atoms with Crippen LogP contribution < -0.4 is 0 Å². The third kappa shape index (κ3) is 4.06. The summed E-state index contributed by atoms with van der Waals surface area (Å²) in [5.41, 5.74) is 0. The molecule has 0 N–H and O–H groups in total. The third-order valence-electron chi connectivity index (χ3n) is 3.26. The molecule has 1 amide bonds. The second-order valence-electron chi connectivity index (χ2n) is 4.53. The van der Waals surface area contributed by atoms with Gasteiger partial charge in [-0.25, -0.2) is 4.79 Å². The molecule has 0 aromatic rings. The number of methoxy groups -OCH3 is 1. The molecule has 1 aliphatic heterocycles. The molecule has 0 bridgehead atoms. The Balaban J connectivity index is 2.47. The lowest BCUT2D eigenvalue weighted by Crippen LogP contribution is -2.48. The Kier molecular flexibility index (Phi) is 6.27. The lowest BCUT2D eigenvalue weighted by molar-refractivity contribution is -0.154. The van der Waals surface area contributed by atoms with Crippen LogP contribution in [0.3, 0.4) is 0 Å². The van der Waals surface area contributed by atoms with Gasteiger partial charge in [0, 0.05) is 19.4 Å². The van der Waals surface area contributed by atoms with Crippen LogP contribution in [0.15, 0.2) is 0 Å². The van der Waals surface area contributed by atoms with Gasteiger partial charge in [-0.05, 0) is 32.1 Å². The lowest BCUT2D eigenvalue weighted by atomic mass is 10.0. The van der Waals surface area contributed by atoms with Crippen molar-refractivity contribution in [3.05, 3.63) is 0 Å². The van der Waals surface area contributed by atoms with Crippen LogP contribution >= 0.6 is 0 Å². The monoisotopic (exact) mass is 251 g/mol. The van der Waals surface area contributed by atoms with Gasteiger partial charge in [0.15, 0.2) is 0 Å². The molecule has 4 heteroatoms. The Morgan fingerprint density at radius 3 is 2.83 bits per heavy atom. The largest absolute Gasteiger partial charge is 0.467 e. The van der Waals surface area contributed by atoms with Crippen molar-refractivity contribution >= 4 is 11.9 Å². The molecular weight excluding hydrogens is 230 g/mol. The molecule has 1 rings (SSSR count). The SMILES string of the molecule is C#CCCCCC(=O)N1CCCCC1C(=O)OC. The molecule has 0 aromatic carbocycles. The number of amides is 1. The average molecular weight is 251 g/mol. The van der Waals surface area contributed by atoms with E-state index in [0.29, 0.717) is 25.8 Å². The summed E-state index contributed by atoms with van der Waals surface area (Å²) in [4.78, 5) is 25.3. The van der Waals surface area contributed by atoms with E-state index in [9.17, 15) is 9.59 Å². The first-order valence-corrected chi connectivity index (χ1v) is 6.51. The molecule has 4 nitrogen and oxygen atoms in total. The van der Waals surface area contributed by atoms with Gasteiger partial charge >= 0.3 is 5.97 Å². The molecule has 0 aromatic heterocycles. The fourth-order valence-corrected chi connectivity index (χ4v) is 2.26. The highest BCUT2D eigenvalue weighted by molar-refractivity contribution is 5.84. The Bertz CT molecular complexity index is 332. The summed E-state index contributed by atoms with van der Waals surface area (Å²) in [6.45, 7) is 0.660. The molecule has 1 fully saturated rings. The summed E-state index contributed by atoms with van der Waals surface area (Å²) in [6.07, 6.45) is 10.6. The van der Waals surface area contributed by atoms with Gasteiger partial charge in [-0.15, -0.1) is 12.3 Å². The van der Waals surface area contributed by atoms with Crippen molar-refractivity contribution in [3.63, 3.8) is 0 Å². The summed E-state index contributed by atoms with van der Waals surface area (Å²) in [7, 11) is 1.37. The van der Waals surface area contributed by atoms with Gasteiger partial charge in [0.25, 0.3) is 0 Å². The number of rotatable bonds is 5. The average Bonchev–Trinajstić information content (AvgIpc) is 2.42. The number of hydrogen-bond donors (Lipinski definition) is 0. The first-order valence-electron chi connectivity index (χ1n) is 6.51. The van der Waals surface area contributed by atoms with Crippen molar-refractivity contribution in [1.82, 2.24) is 4.90 Å². The van der Waals surface area contributed by atoms with E-state index in [4.69, 9.17) is 11.2 Å². The molecule has 100 valence electrons. The molecule has 1 saturated heterocycles. The number of unbranched alkanes of at least 4 members (excludes halogenated alkanes) is 2. The van der Waals surface area contributed by atoms with Gasteiger partial charge in [0.05, 0.1) is 7.11 Å². The first kappa shape index (κ1) is 14.6. The van der Waals surface area contributed by atoms with Gasteiger partial charge in [0.2, 0.25) is 5.91 Å². The highest BCUT2D eigenvalue weighted by Gasteiger charge is 2.32. The van der Waals surface area contributed by atoms with Crippen LogP contribution in [0.1, 0.15) is 44.9 Å². The Morgan fingerprint density at radius 2 is 2.17 bits per heavy atom. The van der Waals surface area contributed by atoms with Crippen LogP contribution in [-0.2, 0) is 14.3 Å². The highest BCUT2D eigenvalue weighted by atomic mass is 16.5. The number of likely N-dealkylation sites (tertiary alicyclic amines) is 1. The van der Waals surface area contributed by atoms with Gasteiger partial charge in [0.1, 0.15) is 6.04 Å². The zero-order valence-corrected chi connectivity index (χ0v) is 11.0. The van der Waals surface area contributed by atoms with Crippen molar-refractivity contribution < 1.29 is 14.3 Å². The number of esters is 1. The maximum absolute atomic E-state index is 12.1. The summed E-state index contributed by atoms with van der Waals surface area (Å²) in [5, 5.41) is 0. The molecule has 0 aliphatic carbocycles. The lowest BCUT2D eigenvalue weighted by Gasteiger charge is -2.33. The quantitative estimate of drug-likeness (QED) is 0.425. The fraction of sp³-hybridized carbons (Fsp3) is 0.714. The molecule has 18 heavy (non-hydrogen) atoms. The van der Waals surface area contributed by atoms with Crippen LogP contribution in [0, 0.1) is 12.3 Å². The zero-order valence-electron chi connectivity index (χ0n) is 11.0. The fourth-order valence-electron chi connectivity index (χ4n) is 2.26. The number of carbonyl (C=O) groups excluding carboxylic acids is 2. The topological polar surface area (TPSA) is 46.6 Å². The van der Waals surface area contributed by atoms with Crippen LogP contribution in [0.25, 0.3) is 0 Å². The minimum absolute atomic E-state index is 0.0436. The highest BCUT2D eigenvalue weighted by Crippen LogP contribution is 2.19. The number of nitrogens with zero attached hydrogens (tertiary/aromatic N) is 1. The van der Waals surface area contributed by atoms with Crippen LogP contribution in [0.4, 0.5) is 0 Å². The molecule has 1 unspecified atom stereocenters.